The van der Waals surface area contributed by atoms with E-state index in [4.69, 9.17) is 21.1 Å². The molecular formula is C15H11ClN2O3. The highest BCUT2D eigenvalue weighted by molar-refractivity contribution is 6.33. The number of benzene rings is 2. The average molecular weight is 303 g/mol. The lowest BCUT2D eigenvalue weighted by molar-refractivity contribution is 0.0697. The van der Waals surface area contributed by atoms with Gasteiger partial charge in [0.2, 0.25) is 0 Å². The molecular weight excluding hydrogens is 292 g/mol. The van der Waals surface area contributed by atoms with Crippen molar-refractivity contribution in [2.24, 2.45) is 0 Å². The minimum Gasteiger partial charge on any atom is -0.478 e. The second-order valence-electron chi connectivity index (χ2n) is 4.61. The predicted molar refractivity (Wildman–Crippen MR) is 80.4 cm³/mol. The van der Waals surface area contributed by atoms with Gasteiger partial charge in [0.1, 0.15) is 5.52 Å². The molecule has 0 fully saturated rings. The molecule has 0 unspecified atom stereocenters. The number of aromatic nitrogens is 1. The Labute approximate surface area is 125 Å². The van der Waals surface area contributed by atoms with Crippen LogP contribution in [0.5, 0.6) is 0 Å². The number of anilines is 2. The molecule has 0 atom stereocenters. The highest BCUT2D eigenvalue weighted by Gasteiger charge is 2.11. The van der Waals surface area contributed by atoms with Gasteiger partial charge in [-0.3, -0.25) is 0 Å². The average Bonchev–Trinajstić information content (AvgIpc) is 2.84. The molecule has 1 heterocycles. The van der Waals surface area contributed by atoms with Gasteiger partial charge in [0.05, 0.1) is 16.3 Å². The van der Waals surface area contributed by atoms with Crippen LogP contribution in [-0.2, 0) is 0 Å². The Morgan fingerprint density at radius 1 is 1.29 bits per heavy atom. The fraction of sp³-hybridized carbons (Fsp3) is 0.0667. The van der Waals surface area contributed by atoms with Crippen molar-refractivity contribution in [3.63, 3.8) is 0 Å². The predicted octanol–water partition coefficient (Wildman–Crippen LogP) is 4.23. The van der Waals surface area contributed by atoms with Crippen LogP contribution in [0.25, 0.3) is 11.1 Å². The zero-order chi connectivity index (χ0) is 15.0. The molecule has 5 nitrogen and oxygen atoms in total. The third-order valence-electron chi connectivity index (χ3n) is 3.00. The van der Waals surface area contributed by atoms with E-state index >= 15 is 0 Å². The molecule has 2 aromatic carbocycles. The molecule has 0 saturated heterocycles. The lowest BCUT2D eigenvalue weighted by Gasteiger charge is -2.05. The lowest BCUT2D eigenvalue weighted by Crippen LogP contribution is -1.94. The third-order valence-corrected chi connectivity index (χ3v) is 3.33. The Morgan fingerprint density at radius 3 is 2.86 bits per heavy atom. The minimum absolute atomic E-state index is 0.152. The van der Waals surface area contributed by atoms with E-state index in [0.717, 1.165) is 5.56 Å². The van der Waals surface area contributed by atoms with Crippen LogP contribution >= 0.6 is 11.6 Å². The van der Waals surface area contributed by atoms with E-state index in [-0.39, 0.29) is 11.6 Å². The third kappa shape index (κ3) is 2.68. The number of carbonyl (C=O) groups is 1. The first kappa shape index (κ1) is 13.5. The zero-order valence-electron chi connectivity index (χ0n) is 11.1. The molecule has 0 bridgehead atoms. The Hall–Kier alpha value is -2.53. The molecule has 3 rings (SSSR count). The number of hydrogen-bond donors (Lipinski definition) is 2. The van der Waals surface area contributed by atoms with Crippen LogP contribution in [0.1, 0.15) is 15.9 Å². The molecule has 6 heteroatoms. The molecule has 3 aromatic rings. The molecule has 21 heavy (non-hydrogen) atoms. The maximum atomic E-state index is 10.9. The van der Waals surface area contributed by atoms with Crippen LogP contribution in [0.2, 0.25) is 5.02 Å². The van der Waals surface area contributed by atoms with Gasteiger partial charge in [-0.1, -0.05) is 17.7 Å². The molecule has 0 spiro atoms. The lowest BCUT2D eigenvalue weighted by atomic mass is 10.2. The summed E-state index contributed by atoms with van der Waals surface area (Å²) < 4.78 is 5.51. The Balaban J connectivity index is 1.97. The second-order valence-corrected chi connectivity index (χ2v) is 5.02. The smallest absolute Gasteiger partial charge is 0.335 e. The molecule has 0 saturated carbocycles. The van der Waals surface area contributed by atoms with E-state index in [1.807, 2.05) is 19.1 Å². The van der Waals surface area contributed by atoms with E-state index in [1.54, 1.807) is 12.1 Å². The van der Waals surface area contributed by atoms with Crippen LogP contribution in [0.3, 0.4) is 0 Å². The summed E-state index contributed by atoms with van der Waals surface area (Å²) in [6, 6.07) is 10.3. The standard InChI is InChI=1S/C15H11ClN2O3/c1-8-2-4-10(16)12(6-8)18-15-17-11-5-3-9(14(19)20)7-13(11)21-15/h2-7H,1H3,(H,17,18)(H,19,20). The summed E-state index contributed by atoms with van der Waals surface area (Å²) in [6.45, 7) is 1.95. The van der Waals surface area contributed by atoms with Gasteiger partial charge in [-0.05, 0) is 42.8 Å². The molecule has 0 amide bonds. The summed E-state index contributed by atoms with van der Waals surface area (Å²) in [5, 5.41) is 12.5. The maximum absolute atomic E-state index is 10.9. The zero-order valence-corrected chi connectivity index (χ0v) is 11.8. The highest BCUT2D eigenvalue weighted by atomic mass is 35.5. The molecule has 0 aliphatic rings. The number of carboxylic acids is 1. The van der Waals surface area contributed by atoms with Gasteiger partial charge in [0.25, 0.3) is 6.01 Å². The summed E-state index contributed by atoms with van der Waals surface area (Å²) in [4.78, 5) is 15.2. The molecule has 106 valence electrons. The van der Waals surface area contributed by atoms with E-state index < -0.39 is 5.97 Å². The molecule has 2 N–H and O–H groups in total. The molecule has 0 aliphatic carbocycles. The fourth-order valence-corrected chi connectivity index (χ4v) is 2.13. The fourth-order valence-electron chi connectivity index (χ4n) is 1.96. The van der Waals surface area contributed by atoms with Crippen LogP contribution in [0.4, 0.5) is 11.7 Å². The Bertz CT molecular complexity index is 842. The van der Waals surface area contributed by atoms with Crippen LogP contribution in [0.15, 0.2) is 40.8 Å². The van der Waals surface area contributed by atoms with Gasteiger partial charge in [0, 0.05) is 0 Å². The van der Waals surface area contributed by atoms with Gasteiger partial charge >= 0.3 is 5.97 Å². The first-order valence-corrected chi connectivity index (χ1v) is 6.58. The van der Waals surface area contributed by atoms with Gasteiger partial charge in [0.15, 0.2) is 5.58 Å². The summed E-state index contributed by atoms with van der Waals surface area (Å²) in [7, 11) is 0. The van der Waals surface area contributed by atoms with Crippen molar-refractivity contribution in [3.8, 4) is 0 Å². The number of aromatic carboxylic acids is 1. The van der Waals surface area contributed by atoms with Crippen LogP contribution < -0.4 is 5.32 Å². The molecule has 0 aliphatic heterocycles. The Morgan fingerprint density at radius 2 is 2.10 bits per heavy atom. The number of oxazole rings is 1. The Kier molecular flexibility index (Phi) is 3.27. The number of fused-ring (bicyclic) bond motifs is 1. The van der Waals surface area contributed by atoms with Gasteiger partial charge in [-0.25, -0.2) is 4.79 Å². The van der Waals surface area contributed by atoms with Crippen molar-refractivity contribution in [1.29, 1.82) is 0 Å². The molecule has 0 radical (unpaired) electrons. The topological polar surface area (TPSA) is 75.4 Å². The van der Waals surface area contributed by atoms with Crippen LogP contribution in [0, 0.1) is 6.92 Å². The van der Waals surface area contributed by atoms with Gasteiger partial charge in [-0.15, -0.1) is 0 Å². The van der Waals surface area contributed by atoms with Crippen LogP contribution in [-0.4, -0.2) is 16.1 Å². The SMILES string of the molecule is Cc1ccc(Cl)c(Nc2nc3ccc(C(=O)O)cc3o2)c1. The quantitative estimate of drug-likeness (QED) is 0.757. The van der Waals surface area contributed by atoms with Crippen molar-refractivity contribution >= 4 is 40.4 Å². The summed E-state index contributed by atoms with van der Waals surface area (Å²) in [6.07, 6.45) is 0. The van der Waals surface area contributed by atoms with Gasteiger partial charge in [-0.2, -0.15) is 4.98 Å². The van der Waals surface area contributed by atoms with Crippen molar-refractivity contribution in [2.75, 3.05) is 5.32 Å². The number of aryl methyl sites for hydroxylation is 1. The largest absolute Gasteiger partial charge is 0.478 e. The monoisotopic (exact) mass is 302 g/mol. The normalized spacial score (nSPS) is 10.8. The van der Waals surface area contributed by atoms with Crippen molar-refractivity contribution in [3.05, 3.63) is 52.5 Å². The second kappa shape index (κ2) is 5.10. The first-order chi connectivity index (χ1) is 10.0. The number of carboxylic acid groups (broad SMARTS) is 1. The van der Waals surface area contributed by atoms with E-state index in [0.29, 0.717) is 21.8 Å². The number of hydrogen-bond acceptors (Lipinski definition) is 4. The van der Waals surface area contributed by atoms with E-state index in [2.05, 4.69) is 10.3 Å². The number of rotatable bonds is 3. The minimum atomic E-state index is -1.01. The summed E-state index contributed by atoms with van der Waals surface area (Å²) >= 11 is 6.10. The van der Waals surface area contributed by atoms with Gasteiger partial charge < -0.3 is 14.8 Å². The summed E-state index contributed by atoms with van der Waals surface area (Å²) in [5.41, 5.74) is 2.86. The molecule has 1 aromatic heterocycles. The number of nitrogens with zero attached hydrogens (tertiary/aromatic N) is 1. The first-order valence-electron chi connectivity index (χ1n) is 6.20. The van der Waals surface area contributed by atoms with E-state index in [9.17, 15) is 4.79 Å². The van der Waals surface area contributed by atoms with Crippen molar-refractivity contribution < 1.29 is 14.3 Å². The summed E-state index contributed by atoms with van der Waals surface area (Å²) in [5.74, 6) is -1.01. The maximum Gasteiger partial charge on any atom is 0.335 e. The highest BCUT2D eigenvalue weighted by Crippen LogP contribution is 2.28. The van der Waals surface area contributed by atoms with Crippen molar-refractivity contribution in [2.45, 2.75) is 6.92 Å². The number of nitrogens with one attached hydrogen (secondary N) is 1. The number of halogens is 1. The van der Waals surface area contributed by atoms with E-state index in [1.165, 1.54) is 12.1 Å². The van der Waals surface area contributed by atoms with Crippen molar-refractivity contribution in [1.82, 2.24) is 4.98 Å².